The Balaban J connectivity index is 1.36. The molecule has 17 atom stereocenters. The van der Waals surface area contributed by atoms with E-state index in [-0.39, 0.29) is 18.9 Å². The minimum Gasteiger partial charge on any atom is -0.394 e. The molecule has 0 aromatic rings. The number of carbonyl (C=O) groups is 1. The molecular formula is C94H157NO18. The summed E-state index contributed by atoms with van der Waals surface area (Å²) in [7, 11) is 0. The number of aliphatic hydroxyl groups is 11. The summed E-state index contributed by atoms with van der Waals surface area (Å²) in [6, 6.07) is -1.00. The van der Waals surface area contributed by atoms with Crippen LogP contribution in [-0.4, -0.2) is 193 Å². The molecule has 19 nitrogen and oxygen atoms in total. The summed E-state index contributed by atoms with van der Waals surface area (Å²) in [6.07, 6.45) is 79.4. The van der Waals surface area contributed by atoms with E-state index in [1.807, 2.05) is 6.08 Å². The van der Waals surface area contributed by atoms with Crippen LogP contribution in [0.5, 0.6) is 0 Å². The van der Waals surface area contributed by atoms with Gasteiger partial charge in [0.25, 0.3) is 0 Å². The van der Waals surface area contributed by atoms with Gasteiger partial charge in [-0.15, -0.1) is 0 Å². The summed E-state index contributed by atoms with van der Waals surface area (Å²) in [5.74, 6) is -0.303. The predicted octanol–water partition coefficient (Wildman–Crippen LogP) is 16.7. The molecule has 0 saturated carbocycles. The number of nitrogens with one attached hydrogen (secondary N) is 1. The van der Waals surface area contributed by atoms with Gasteiger partial charge in [-0.1, -0.05) is 339 Å². The van der Waals surface area contributed by atoms with Crippen molar-refractivity contribution < 1.29 is 89.4 Å². The number of unbranched alkanes of at least 4 members (excludes halogenated alkanes) is 29. The molecule has 3 fully saturated rings. The molecule has 17 unspecified atom stereocenters. The number of rotatable bonds is 69. The molecule has 0 aliphatic carbocycles. The molecule has 3 heterocycles. The SMILES string of the molecule is CC/C=C\C/C=C\C/C=C\C/C=C\C/C=C\C/C=C\C/C=C\C/C=C\C/C=C\C/C=C\C/C=C\C/C=C\CCCCCCC(=O)NC(COC1OC(CO)C(OC2OC(CO)C(OC3OC(CO)C(O)C(O)C3O)C(O)C2O)C(O)C1O)C(O)/C=C/CCCCCCCCCCCCCCCCCCCCCCCCCCC. The first-order chi connectivity index (χ1) is 55.3. The van der Waals surface area contributed by atoms with Crippen molar-refractivity contribution in [2.24, 2.45) is 0 Å². The molecule has 3 aliphatic heterocycles. The van der Waals surface area contributed by atoms with Crippen molar-refractivity contribution in [1.82, 2.24) is 5.32 Å². The van der Waals surface area contributed by atoms with E-state index in [0.29, 0.717) is 6.42 Å². The maximum atomic E-state index is 13.5. The van der Waals surface area contributed by atoms with Gasteiger partial charge in [-0.3, -0.25) is 4.79 Å². The zero-order chi connectivity index (χ0) is 81.7. The Morgan fingerprint density at radius 3 is 0.956 bits per heavy atom. The maximum absolute atomic E-state index is 13.5. The van der Waals surface area contributed by atoms with Crippen molar-refractivity contribution in [2.75, 3.05) is 26.4 Å². The van der Waals surface area contributed by atoms with E-state index in [4.69, 9.17) is 28.4 Å². The number of hydrogen-bond donors (Lipinski definition) is 12. The molecule has 113 heavy (non-hydrogen) atoms. The molecule has 0 aromatic heterocycles. The van der Waals surface area contributed by atoms with Crippen LogP contribution in [0.4, 0.5) is 0 Å². The Morgan fingerprint density at radius 1 is 0.327 bits per heavy atom. The summed E-state index contributed by atoms with van der Waals surface area (Å²) < 4.78 is 34.5. The Kier molecular flexibility index (Phi) is 64.9. The fourth-order valence-electron chi connectivity index (χ4n) is 13.8. The van der Waals surface area contributed by atoms with Crippen molar-refractivity contribution in [3.05, 3.63) is 158 Å². The van der Waals surface area contributed by atoms with Gasteiger partial charge < -0.3 is 89.9 Å². The van der Waals surface area contributed by atoms with Crippen LogP contribution in [-0.2, 0) is 33.2 Å². The fourth-order valence-corrected chi connectivity index (χ4v) is 13.8. The lowest BCUT2D eigenvalue weighted by molar-refractivity contribution is -0.379. The highest BCUT2D eigenvalue weighted by Crippen LogP contribution is 2.33. The second-order valence-corrected chi connectivity index (χ2v) is 30.6. The number of hydrogen-bond acceptors (Lipinski definition) is 18. The van der Waals surface area contributed by atoms with Gasteiger partial charge >= 0.3 is 0 Å². The number of ether oxygens (including phenoxy) is 6. The highest BCUT2D eigenvalue weighted by molar-refractivity contribution is 5.76. The van der Waals surface area contributed by atoms with Crippen LogP contribution < -0.4 is 5.32 Å². The largest absolute Gasteiger partial charge is 0.394 e. The van der Waals surface area contributed by atoms with Gasteiger partial charge in [0.1, 0.15) is 73.2 Å². The Labute approximate surface area is 682 Å². The molecule has 3 rings (SSSR count). The molecule has 0 spiro atoms. The summed E-state index contributed by atoms with van der Waals surface area (Å²) in [5, 5.41) is 121. The lowest BCUT2D eigenvalue weighted by Gasteiger charge is -2.48. The van der Waals surface area contributed by atoms with Crippen LogP contribution in [0, 0.1) is 0 Å². The molecule has 19 heteroatoms. The standard InChI is InChI=1S/C94H157NO18/c1-3-5-7-9-11-13-15-17-19-21-23-25-27-29-31-32-33-34-35-36-37-38-39-40-41-42-43-44-46-48-50-52-54-56-58-60-62-64-66-68-70-72-82(100)95-77(78(99)71-69-67-65-63-61-59-57-55-53-51-49-47-45-30-28-26-24-22-20-18-16-14-12-10-8-6-4-2)76-108-92-88(106)85(103)90(80(74-97)110-92)113-94-89(107)86(104)91(81(75-98)111-94)112-93-87(105)84(102)83(101)79(73-96)109-93/h5,7,11,13,17,19,23,25,29,31,33-34,36-37,39-40,42-43,46,48,52,54,58,60,69,71,77-81,83-94,96-99,101-107H,3-4,6,8-10,12,14-16,18,20-22,24,26-28,30,32,35,38,41,44-45,47,49-51,53,55-57,59,61-68,70,72-76H2,1-2H3,(H,95,100)/b7-5-,13-11-,19-17-,25-23-,31-29-,34-33-,37-36-,40-39-,43-42-,48-46-,54-52-,60-58-,71-69+. The highest BCUT2D eigenvalue weighted by Gasteiger charge is 2.54. The molecule has 1 amide bonds. The third-order valence-corrected chi connectivity index (χ3v) is 20.8. The third-order valence-electron chi connectivity index (χ3n) is 20.8. The number of aliphatic hydroxyl groups excluding tert-OH is 11. The quantitative estimate of drug-likeness (QED) is 0.0199. The van der Waals surface area contributed by atoms with Gasteiger partial charge in [-0.25, -0.2) is 0 Å². The van der Waals surface area contributed by atoms with Crippen LogP contribution in [0.15, 0.2) is 158 Å². The first kappa shape index (κ1) is 103. The summed E-state index contributed by atoms with van der Waals surface area (Å²) in [4.78, 5) is 13.5. The van der Waals surface area contributed by atoms with Crippen molar-refractivity contribution >= 4 is 5.91 Å². The van der Waals surface area contributed by atoms with Gasteiger partial charge in [0.05, 0.1) is 38.6 Å². The average Bonchev–Trinajstić information content (AvgIpc) is 0.777. The molecule has 0 aromatic carbocycles. The number of carbonyl (C=O) groups excluding carboxylic acids is 1. The van der Waals surface area contributed by atoms with Crippen molar-refractivity contribution in [3.63, 3.8) is 0 Å². The first-order valence-electron chi connectivity index (χ1n) is 44.2. The third kappa shape index (κ3) is 50.1. The van der Waals surface area contributed by atoms with Gasteiger partial charge in [0.15, 0.2) is 18.9 Å². The normalized spacial score (nSPS) is 25.6. The van der Waals surface area contributed by atoms with Crippen molar-refractivity contribution in [3.8, 4) is 0 Å². The van der Waals surface area contributed by atoms with E-state index in [9.17, 15) is 61.0 Å². The van der Waals surface area contributed by atoms with Crippen LogP contribution in [0.2, 0.25) is 0 Å². The van der Waals surface area contributed by atoms with E-state index < -0.39 is 124 Å². The zero-order valence-electron chi connectivity index (χ0n) is 69.5. The second kappa shape index (κ2) is 71.5. The lowest BCUT2D eigenvalue weighted by atomic mass is 9.96. The Hall–Kier alpha value is -4.59. The molecular weight excluding hydrogens is 1430 g/mol. The molecule has 3 aliphatic rings. The summed E-state index contributed by atoms with van der Waals surface area (Å²) >= 11 is 0. The molecule has 646 valence electrons. The minimum absolute atomic E-state index is 0.204. The summed E-state index contributed by atoms with van der Waals surface area (Å²) in [5.41, 5.74) is 0. The average molecular weight is 1590 g/mol. The van der Waals surface area contributed by atoms with Gasteiger partial charge in [0, 0.05) is 6.42 Å². The van der Waals surface area contributed by atoms with Gasteiger partial charge in [-0.05, 0) is 109 Å². The van der Waals surface area contributed by atoms with E-state index in [1.165, 1.54) is 141 Å². The van der Waals surface area contributed by atoms with E-state index in [2.05, 4.69) is 165 Å². The van der Waals surface area contributed by atoms with Crippen LogP contribution >= 0.6 is 0 Å². The van der Waals surface area contributed by atoms with Crippen LogP contribution in [0.25, 0.3) is 0 Å². The van der Waals surface area contributed by atoms with E-state index in [1.54, 1.807) is 6.08 Å². The molecule has 0 bridgehead atoms. The van der Waals surface area contributed by atoms with E-state index >= 15 is 0 Å². The predicted molar refractivity (Wildman–Crippen MR) is 456 cm³/mol. The minimum atomic E-state index is -1.99. The summed E-state index contributed by atoms with van der Waals surface area (Å²) in [6.45, 7) is 1.62. The smallest absolute Gasteiger partial charge is 0.220 e. The van der Waals surface area contributed by atoms with Crippen molar-refractivity contribution in [2.45, 2.75) is 401 Å². The van der Waals surface area contributed by atoms with Gasteiger partial charge in [-0.2, -0.15) is 0 Å². The monoisotopic (exact) mass is 1590 g/mol. The van der Waals surface area contributed by atoms with Gasteiger partial charge in [0.2, 0.25) is 5.91 Å². The van der Waals surface area contributed by atoms with Crippen LogP contribution in [0.1, 0.15) is 296 Å². The Morgan fingerprint density at radius 2 is 0.611 bits per heavy atom. The maximum Gasteiger partial charge on any atom is 0.220 e. The van der Waals surface area contributed by atoms with Crippen molar-refractivity contribution in [1.29, 1.82) is 0 Å². The number of allylic oxidation sites excluding steroid dienone is 25. The first-order valence-corrected chi connectivity index (χ1v) is 44.2. The fraction of sp³-hybridized carbons (Fsp3) is 0.713. The second-order valence-electron chi connectivity index (χ2n) is 30.6. The van der Waals surface area contributed by atoms with Crippen LogP contribution in [0.3, 0.4) is 0 Å². The molecule has 3 saturated heterocycles. The molecule has 12 N–H and O–H groups in total. The molecule has 0 radical (unpaired) electrons. The zero-order valence-corrected chi connectivity index (χ0v) is 69.5. The van der Waals surface area contributed by atoms with E-state index in [0.717, 1.165) is 128 Å². The highest BCUT2D eigenvalue weighted by atomic mass is 16.8. The Bertz CT molecular complexity index is 2660. The topological polar surface area (TPSA) is 307 Å². The lowest BCUT2D eigenvalue weighted by Crippen LogP contribution is -2.66. The number of amides is 1.